The van der Waals surface area contributed by atoms with E-state index in [9.17, 15) is 9.59 Å². The number of nitrogens with zero attached hydrogens (tertiary/aromatic N) is 3. The van der Waals surface area contributed by atoms with E-state index in [1.165, 1.54) is 12.8 Å². The molecule has 1 atom stereocenters. The maximum absolute atomic E-state index is 12.3. The molecule has 28 heavy (non-hydrogen) atoms. The predicted octanol–water partition coefficient (Wildman–Crippen LogP) is 2.08. The molecule has 1 aromatic heterocycles. The summed E-state index contributed by atoms with van der Waals surface area (Å²) < 4.78 is 5.34. The Kier molecular flexibility index (Phi) is 9.76. The topological polar surface area (TPSA) is 74.8 Å². The zero-order valence-corrected chi connectivity index (χ0v) is 17.2. The fourth-order valence-electron chi connectivity index (χ4n) is 3.30. The molecule has 0 radical (unpaired) electrons. The third-order valence-corrected chi connectivity index (χ3v) is 5.20. The highest BCUT2D eigenvalue weighted by Crippen LogP contribution is 2.13. The Bertz CT molecular complexity index is 589. The second-order valence-electron chi connectivity index (χ2n) is 7.27. The zero-order valence-electron chi connectivity index (χ0n) is 17.2. The summed E-state index contributed by atoms with van der Waals surface area (Å²) >= 11 is 0. The van der Waals surface area contributed by atoms with Gasteiger partial charge in [-0.25, -0.2) is 4.98 Å². The number of ether oxygens (including phenoxy) is 1. The van der Waals surface area contributed by atoms with Crippen LogP contribution >= 0.6 is 0 Å². The third-order valence-electron chi connectivity index (χ3n) is 5.20. The third kappa shape index (κ3) is 7.46. The molecular formula is C21H34N4O3. The number of amides is 2. The van der Waals surface area contributed by atoms with Crippen molar-refractivity contribution in [1.29, 1.82) is 0 Å². The van der Waals surface area contributed by atoms with E-state index in [4.69, 9.17) is 4.74 Å². The Morgan fingerprint density at radius 2 is 1.96 bits per heavy atom. The molecule has 7 heteroatoms. The van der Waals surface area contributed by atoms with Crippen molar-refractivity contribution in [3.05, 3.63) is 24.4 Å². The van der Waals surface area contributed by atoms with Gasteiger partial charge in [0, 0.05) is 38.9 Å². The standard InChI is InChI=1S/C21H34N4O3/c1-3-5-8-18(4-2)15-23-20(26)16-28-17-21(27)25-13-11-24(12-14-25)19-9-6-7-10-22-19/h6-7,9-10,18H,3-5,8,11-17H2,1-2H3,(H,23,26)/t18-/m0/s1. The van der Waals surface area contributed by atoms with E-state index >= 15 is 0 Å². The van der Waals surface area contributed by atoms with Crippen LogP contribution in [0, 0.1) is 5.92 Å². The molecule has 0 aliphatic carbocycles. The number of carbonyl (C=O) groups is 2. The molecule has 1 N–H and O–H groups in total. The van der Waals surface area contributed by atoms with E-state index in [0.717, 1.165) is 31.7 Å². The van der Waals surface area contributed by atoms with Crippen LogP contribution in [0.25, 0.3) is 0 Å². The van der Waals surface area contributed by atoms with E-state index in [0.29, 0.717) is 25.6 Å². The molecule has 1 aliphatic heterocycles. The molecule has 156 valence electrons. The largest absolute Gasteiger partial charge is 0.362 e. The number of hydrogen-bond donors (Lipinski definition) is 1. The summed E-state index contributed by atoms with van der Waals surface area (Å²) in [6, 6.07) is 5.83. The van der Waals surface area contributed by atoms with Gasteiger partial charge in [0.1, 0.15) is 19.0 Å². The lowest BCUT2D eigenvalue weighted by molar-refractivity contribution is -0.138. The van der Waals surface area contributed by atoms with Gasteiger partial charge in [-0.15, -0.1) is 0 Å². The van der Waals surface area contributed by atoms with Gasteiger partial charge in [-0.1, -0.05) is 39.2 Å². The first-order chi connectivity index (χ1) is 13.6. The van der Waals surface area contributed by atoms with Crippen LogP contribution in [0.15, 0.2) is 24.4 Å². The summed E-state index contributed by atoms with van der Waals surface area (Å²) in [6.07, 6.45) is 6.33. The number of piperazine rings is 1. The van der Waals surface area contributed by atoms with Gasteiger partial charge in [-0.2, -0.15) is 0 Å². The maximum Gasteiger partial charge on any atom is 0.248 e. The summed E-state index contributed by atoms with van der Waals surface area (Å²) in [5, 5.41) is 2.92. The van der Waals surface area contributed by atoms with Gasteiger partial charge in [-0.05, 0) is 24.5 Å². The molecule has 1 saturated heterocycles. The summed E-state index contributed by atoms with van der Waals surface area (Å²) in [6.45, 7) is 7.67. The molecule has 0 spiro atoms. The molecule has 2 rings (SSSR count). The molecule has 1 fully saturated rings. The van der Waals surface area contributed by atoms with Crippen molar-refractivity contribution in [2.45, 2.75) is 39.5 Å². The Morgan fingerprint density at radius 3 is 2.61 bits per heavy atom. The van der Waals surface area contributed by atoms with Gasteiger partial charge in [0.15, 0.2) is 0 Å². The average Bonchev–Trinajstić information content (AvgIpc) is 2.74. The smallest absolute Gasteiger partial charge is 0.248 e. The number of hydrogen-bond acceptors (Lipinski definition) is 5. The number of unbranched alkanes of at least 4 members (excludes halogenated alkanes) is 1. The zero-order chi connectivity index (χ0) is 20.2. The van der Waals surface area contributed by atoms with E-state index in [2.05, 4.69) is 29.0 Å². The number of carbonyl (C=O) groups excluding carboxylic acids is 2. The summed E-state index contributed by atoms with van der Waals surface area (Å²) in [4.78, 5) is 32.5. The lowest BCUT2D eigenvalue weighted by atomic mass is 9.99. The number of rotatable bonds is 11. The molecule has 1 aromatic rings. The van der Waals surface area contributed by atoms with Crippen molar-refractivity contribution >= 4 is 17.6 Å². The lowest BCUT2D eigenvalue weighted by Crippen LogP contribution is -2.50. The molecule has 2 amide bonds. The lowest BCUT2D eigenvalue weighted by Gasteiger charge is -2.35. The fourth-order valence-corrected chi connectivity index (χ4v) is 3.30. The van der Waals surface area contributed by atoms with Crippen LogP contribution < -0.4 is 10.2 Å². The van der Waals surface area contributed by atoms with Crippen molar-refractivity contribution in [3.63, 3.8) is 0 Å². The molecule has 0 bridgehead atoms. The Hall–Kier alpha value is -2.15. The maximum atomic E-state index is 12.3. The Labute approximate surface area is 168 Å². The second-order valence-corrected chi connectivity index (χ2v) is 7.27. The van der Waals surface area contributed by atoms with E-state index in [1.54, 1.807) is 11.1 Å². The van der Waals surface area contributed by atoms with Gasteiger partial charge in [0.05, 0.1) is 0 Å². The number of nitrogens with one attached hydrogen (secondary N) is 1. The van der Waals surface area contributed by atoms with Gasteiger partial charge in [0.2, 0.25) is 11.8 Å². The molecule has 1 aliphatic rings. The predicted molar refractivity (Wildman–Crippen MR) is 110 cm³/mol. The Morgan fingerprint density at radius 1 is 1.18 bits per heavy atom. The first-order valence-corrected chi connectivity index (χ1v) is 10.4. The number of aromatic nitrogens is 1. The van der Waals surface area contributed by atoms with Crippen molar-refractivity contribution in [2.24, 2.45) is 5.92 Å². The fraction of sp³-hybridized carbons (Fsp3) is 0.667. The van der Waals surface area contributed by atoms with Crippen LogP contribution in [0.4, 0.5) is 5.82 Å². The minimum Gasteiger partial charge on any atom is -0.362 e. The van der Waals surface area contributed by atoms with E-state index < -0.39 is 0 Å². The van der Waals surface area contributed by atoms with Gasteiger partial charge in [-0.3, -0.25) is 9.59 Å². The minimum atomic E-state index is -0.150. The quantitative estimate of drug-likeness (QED) is 0.626. The molecule has 0 saturated carbocycles. The highest BCUT2D eigenvalue weighted by atomic mass is 16.5. The second kappa shape index (κ2) is 12.3. The normalized spacial score (nSPS) is 15.4. The molecular weight excluding hydrogens is 356 g/mol. The van der Waals surface area contributed by atoms with Crippen molar-refractivity contribution in [2.75, 3.05) is 50.8 Å². The monoisotopic (exact) mass is 390 g/mol. The van der Waals surface area contributed by atoms with Gasteiger partial charge in [0.25, 0.3) is 0 Å². The molecule has 7 nitrogen and oxygen atoms in total. The van der Waals surface area contributed by atoms with Crippen LogP contribution in [0.2, 0.25) is 0 Å². The number of pyridine rings is 1. The van der Waals surface area contributed by atoms with Crippen LogP contribution in [-0.2, 0) is 14.3 Å². The van der Waals surface area contributed by atoms with Gasteiger partial charge < -0.3 is 19.9 Å². The van der Waals surface area contributed by atoms with Crippen molar-refractivity contribution in [1.82, 2.24) is 15.2 Å². The average molecular weight is 391 g/mol. The van der Waals surface area contributed by atoms with Crippen LogP contribution in [0.5, 0.6) is 0 Å². The highest BCUT2D eigenvalue weighted by molar-refractivity contribution is 5.79. The van der Waals surface area contributed by atoms with Crippen molar-refractivity contribution < 1.29 is 14.3 Å². The first-order valence-electron chi connectivity index (χ1n) is 10.4. The summed E-state index contributed by atoms with van der Waals surface area (Å²) in [7, 11) is 0. The molecule has 0 aromatic carbocycles. The summed E-state index contributed by atoms with van der Waals surface area (Å²) in [5.74, 6) is 1.23. The van der Waals surface area contributed by atoms with E-state index in [-0.39, 0.29) is 25.0 Å². The minimum absolute atomic E-state index is 0.0515. The first kappa shape index (κ1) is 22.1. The summed E-state index contributed by atoms with van der Waals surface area (Å²) in [5.41, 5.74) is 0. The molecule has 2 heterocycles. The van der Waals surface area contributed by atoms with Gasteiger partial charge >= 0.3 is 0 Å². The molecule has 0 unspecified atom stereocenters. The van der Waals surface area contributed by atoms with Crippen LogP contribution in [-0.4, -0.2) is 67.6 Å². The Balaban J connectivity index is 1.60. The van der Waals surface area contributed by atoms with Crippen LogP contribution in [0.3, 0.4) is 0 Å². The van der Waals surface area contributed by atoms with Crippen molar-refractivity contribution in [3.8, 4) is 0 Å². The highest BCUT2D eigenvalue weighted by Gasteiger charge is 2.22. The van der Waals surface area contributed by atoms with Crippen LogP contribution in [0.1, 0.15) is 39.5 Å². The van der Waals surface area contributed by atoms with E-state index in [1.807, 2.05) is 18.2 Å². The number of anilines is 1. The SMILES string of the molecule is CCCC[C@H](CC)CNC(=O)COCC(=O)N1CCN(c2ccccn2)CC1.